The summed E-state index contributed by atoms with van der Waals surface area (Å²) in [7, 11) is 6.00. The van der Waals surface area contributed by atoms with E-state index in [1.54, 1.807) is 0 Å². The third-order valence-electron chi connectivity index (χ3n) is 8.62. The number of nitrogens with zero attached hydrogens (tertiary/aromatic N) is 2. The molecule has 0 heterocycles. The van der Waals surface area contributed by atoms with Crippen LogP contribution in [0.25, 0.3) is 0 Å². The van der Waals surface area contributed by atoms with Gasteiger partial charge in [0.25, 0.3) is 0 Å². The highest BCUT2D eigenvalue weighted by molar-refractivity contribution is 5.75. The normalized spacial score (nSPS) is 12.6. The van der Waals surface area contributed by atoms with Crippen LogP contribution in [0.5, 0.6) is 0 Å². The molecule has 49 heavy (non-hydrogen) atoms. The summed E-state index contributed by atoms with van der Waals surface area (Å²) in [6.07, 6.45) is 8.87. The van der Waals surface area contributed by atoms with Crippen LogP contribution < -0.4 is 0 Å². The van der Waals surface area contributed by atoms with Gasteiger partial charge in [-0.15, -0.1) is 0 Å². The molecular formula is C41H78N2O6. The largest absolute Gasteiger partial charge is 0.466 e. The molecular weight excluding hydrogens is 616 g/mol. The van der Waals surface area contributed by atoms with Crippen molar-refractivity contribution in [1.82, 2.24) is 9.80 Å². The molecule has 1 aromatic rings. The third-order valence-corrected chi connectivity index (χ3v) is 8.62. The van der Waals surface area contributed by atoms with Crippen LogP contribution in [0.4, 0.5) is 0 Å². The van der Waals surface area contributed by atoms with Crippen LogP contribution in [0.15, 0.2) is 30.3 Å². The van der Waals surface area contributed by atoms with Crippen LogP contribution in [0.2, 0.25) is 0 Å². The summed E-state index contributed by atoms with van der Waals surface area (Å²) in [5.74, 6) is 0.557. The lowest BCUT2D eigenvalue weighted by Gasteiger charge is -2.22. The van der Waals surface area contributed by atoms with E-state index in [1.165, 1.54) is 37.7 Å². The molecule has 0 N–H and O–H groups in total. The van der Waals surface area contributed by atoms with Gasteiger partial charge in [0.2, 0.25) is 0 Å². The zero-order valence-corrected chi connectivity index (χ0v) is 34.4. The second kappa shape index (κ2) is 32.7. The van der Waals surface area contributed by atoms with E-state index in [0.717, 1.165) is 38.9 Å². The maximum atomic E-state index is 11.7. The van der Waals surface area contributed by atoms with Crippen molar-refractivity contribution in [2.45, 2.75) is 133 Å². The molecule has 0 aliphatic heterocycles. The van der Waals surface area contributed by atoms with Gasteiger partial charge in [0, 0.05) is 13.1 Å². The standard InChI is InChI=1S/C15H31NO2.C10H14.C9H19NO2.C7H14O2/c1-6-8-9-10-11-16(5)12-13-18-14(17)15(3,4)7-2;1-3-9(2)10-7-5-4-6-8-10;1-5-8(2)9(11)12-7-6-10(3)4;1-4-6(3)7(8)9-5-2/h6-13H2,1-5H3;4-9H,3H2,1-2H3;8H,5-7H2,1-4H3;6H,4-5H2,1-3H3. The molecule has 0 aliphatic carbocycles. The Morgan fingerprint density at radius 1 is 0.673 bits per heavy atom. The van der Waals surface area contributed by atoms with Gasteiger partial charge in [-0.1, -0.05) is 105 Å². The first-order chi connectivity index (χ1) is 23.1. The van der Waals surface area contributed by atoms with Crippen molar-refractivity contribution in [2.24, 2.45) is 17.3 Å². The van der Waals surface area contributed by atoms with Crippen LogP contribution >= 0.6 is 0 Å². The summed E-state index contributed by atoms with van der Waals surface area (Å²) in [6.45, 7) is 26.3. The van der Waals surface area contributed by atoms with Crippen LogP contribution in [-0.2, 0) is 28.6 Å². The molecule has 8 heteroatoms. The van der Waals surface area contributed by atoms with Crippen molar-refractivity contribution < 1.29 is 28.6 Å². The molecule has 3 unspecified atom stereocenters. The Kier molecular flexibility index (Phi) is 34.0. The fourth-order valence-corrected chi connectivity index (χ4v) is 3.66. The van der Waals surface area contributed by atoms with E-state index < -0.39 is 0 Å². The van der Waals surface area contributed by atoms with Crippen molar-refractivity contribution in [1.29, 1.82) is 0 Å². The fraction of sp³-hybridized carbons (Fsp3) is 0.780. The van der Waals surface area contributed by atoms with Crippen molar-refractivity contribution in [3.63, 3.8) is 0 Å². The molecule has 8 nitrogen and oxygen atoms in total. The molecule has 1 rings (SSSR count). The first kappa shape index (κ1) is 50.9. The van der Waals surface area contributed by atoms with Crippen LogP contribution in [0.3, 0.4) is 0 Å². The van der Waals surface area contributed by atoms with Gasteiger partial charge in [-0.2, -0.15) is 0 Å². The Morgan fingerprint density at radius 2 is 1.20 bits per heavy atom. The van der Waals surface area contributed by atoms with Gasteiger partial charge in [0.15, 0.2) is 0 Å². The number of likely N-dealkylation sites (N-methyl/N-ethyl adjacent to an activating group) is 2. The molecule has 0 spiro atoms. The minimum absolute atomic E-state index is 0.0344. The minimum atomic E-state index is -0.348. The molecule has 0 saturated heterocycles. The highest BCUT2D eigenvalue weighted by Crippen LogP contribution is 2.21. The average molecular weight is 695 g/mol. The lowest BCUT2D eigenvalue weighted by atomic mass is 9.91. The summed E-state index contributed by atoms with van der Waals surface area (Å²) >= 11 is 0. The van der Waals surface area contributed by atoms with Crippen molar-refractivity contribution in [2.75, 3.05) is 60.6 Å². The lowest BCUT2D eigenvalue weighted by Crippen LogP contribution is -2.30. The van der Waals surface area contributed by atoms with Crippen LogP contribution in [0.1, 0.15) is 139 Å². The number of benzene rings is 1. The van der Waals surface area contributed by atoms with E-state index in [2.05, 4.69) is 63.1 Å². The highest BCUT2D eigenvalue weighted by atomic mass is 16.5. The number of ether oxygens (including phenoxy) is 3. The summed E-state index contributed by atoms with van der Waals surface area (Å²) in [5.41, 5.74) is 1.10. The maximum absolute atomic E-state index is 11.7. The SMILES string of the molecule is CCC(C)C(=O)OCCN(C)C.CCC(C)c1ccccc1.CCCCCCN(C)CCOC(=O)C(C)(C)CC.CCOC(=O)C(C)CC. The Hall–Kier alpha value is -2.45. The molecule has 1 aromatic carbocycles. The molecule has 0 fully saturated rings. The fourth-order valence-electron chi connectivity index (χ4n) is 3.66. The Balaban J connectivity index is -0.000000599. The molecule has 0 radical (unpaired) electrons. The van der Waals surface area contributed by atoms with E-state index in [-0.39, 0.29) is 35.2 Å². The predicted molar refractivity (Wildman–Crippen MR) is 207 cm³/mol. The Labute approximate surface area is 303 Å². The monoisotopic (exact) mass is 695 g/mol. The Morgan fingerprint density at radius 3 is 1.65 bits per heavy atom. The van der Waals surface area contributed by atoms with Gasteiger partial charge >= 0.3 is 17.9 Å². The number of carbonyl (C=O) groups is 3. The van der Waals surface area contributed by atoms with E-state index in [4.69, 9.17) is 14.2 Å². The average Bonchev–Trinajstić information content (AvgIpc) is 3.09. The first-order valence-corrected chi connectivity index (χ1v) is 19.0. The van der Waals surface area contributed by atoms with Crippen LogP contribution in [-0.4, -0.2) is 88.3 Å². The lowest BCUT2D eigenvalue weighted by molar-refractivity contribution is -0.154. The zero-order chi connectivity index (χ0) is 38.3. The van der Waals surface area contributed by atoms with Crippen LogP contribution in [0, 0.1) is 17.3 Å². The number of esters is 3. The van der Waals surface area contributed by atoms with Crippen molar-refractivity contribution >= 4 is 17.9 Å². The summed E-state index contributed by atoms with van der Waals surface area (Å²) in [6, 6.07) is 10.6. The third kappa shape index (κ3) is 30.1. The number of carbonyl (C=O) groups excluding carboxylic acids is 3. The summed E-state index contributed by atoms with van der Waals surface area (Å²) < 4.78 is 15.1. The number of rotatable bonds is 20. The van der Waals surface area contributed by atoms with Gasteiger partial charge in [-0.3, -0.25) is 14.4 Å². The summed E-state index contributed by atoms with van der Waals surface area (Å²) in [4.78, 5) is 37.8. The highest BCUT2D eigenvalue weighted by Gasteiger charge is 2.26. The molecule has 0 aliphatic rings. The van der Waals surface area contributed by atoms with Gasteiger partial charge in [0.1, 0.15) is 13.2 Å². The second-order valence-corrected chi connectivity index (χ2v) is 13.8. The van der Waals surface area contributed by atoms with Crippen molar-refractivity contribution in [3.8, 4) is 0 Å². The number of hydrogen-bond acceptors (Lipinski definition) is 8. The van der Waals surface area contributed by atoms with Gasteiger partial charge in [-0.25, -0.2) is 0 Å². The van der Waals surface area contributed by atoms with E-state index >= 15 is 0 Å². The molecule has 0 saturated carbocycles. The minimum Gasteiger partial charge on any atom is -0.466 e. The summed E-state index contributed by atoms with van der Waals surface area (Å²) in [5, 5.41) is 0. The number of hydrogen-bond donors (Lipinski definition) is 0. The molecule has 3 atom stereocenters. The smallest absolute Gasteiger partial charge is 0.311 e. The maximum Gasteiger partial charge on any atom is 0.311 e. The quantitative estimate of drug-likeness (QED) is 0.0758. The van der Waals surface area contributed by atoms with E-state index in [9.17, 15) is 14.4 Å². The first-order valence-electron chi connectivity index (χ1n) is 19.0. The molecule has 0 bridgehead atoms. The van der Waals surface area contributed by atoms with Gasteiger partial charge in [-0.05, 0) is 92.0 Å². The zero-order valence-electron chi connectivity index (χ0n) is 34.4. The van der Waals surface area contributed by atoms with Gasteiger partial charge < -0.3 is 24.0 Å². The van der Waals surface area contributed by atoms with Gasteiger partial charge in [0.05, 0.1) is 23.9 Å². The topological polar surface area (TPSA) is 85.4 Å². The van der Waals surface area contributed by atoms with E-state index in [1.807, 2.05) is 74.4 Å². The molecule has 0 aromatic heterocycles. The molecule has 0 amide bonds. The van der Waals surface area contributed by atoms with E-state index in [0.29, 0.717) is 25.7 Å². The molecule has 288 valence electrons. The second-order valence-electron chi connectivity index (χ2n) is 13.8. The Bertz CT molecular complexity index is 922. The predicted octanol–water partition coefficient (Wildman–Crippen LogP) is 9.41. The number of unbranched alkanes of at least 4 members (excludes halogenated alkanes) is 3. The van der Waals surface area contributed by atoms with Crippen molar-refractivity contribution in [3.05, 3.63) is 35.9 Å².